The third-order valence-corrected chi connectivity index (χ3v) is 10.3. The van der Waals surface area contributed by atoms with E-state index in [-0.39, 0.29) is 12.4 Å². The standard InChI is InChI=1S/C23H24P.ClH/c1-4-12-20(13-5-1)24(23-18-10-11-19-23,21-14-6-2-7-15-21)22-16-8-3-9-17-22;/h1-9,12-17,23H,10-11,18-19H2;1H/q+1;/p-1. The second kappa shape index (κ2) is 8.17. The maximum absolute atomic E-state index is 2.37. The molecule has 1 aliphatic carbocycles. The maximum atomic E-state index is 2.37. The molecule has 0 atom stereocenters. The topological polar surface area (TPSA) is 0 Å². The van der Waals surface area contributed by atoms with Crippen LogP contribution in [0, 0.1) is 0 Å². The third kappa shape index (κ3) is 3.26. The van der Waals surface area contributed by atoms with Crippen molar-refractivity contribution in [2.45, 2.75) is 31.3 Å². The zero-order valence-electron chi connectivity index (χ0n) is 14.4. The Morgan fingerprint density at radius 1 is 0.520 bits per heavy atom. The van der Waals surface area contributed by atoms with Crippen molar-refractivity contribution in [3.63, 3.8) is 0 Å². The molecule has 0 N–H and O–H groups in total. The molecule has 0 spiro atoms. The summed E-state index contributed by atoms with van der Waals surface area (Å²) in [6, 6.07) is 33.9. The van der Waals surface area contributed by atoms with Crippen molar-refractivity contribution in [3.05, 3.63) is 91.0 Å². The highest BCUT2D eigenvalue weighted by Gasteiger charge is 2.52. The van der Waals surface area contributed by atoms with Crippen LogP contribution in [0.2, 0.25) is 0 Å². The molecule has 0 bridgehead atoms. The first-order valence-corrected chi connectivity index (χ1v) is 10.8. The van der Waals surface area contributed by atoms with Crippen molar-refractivity contribution in [1.29, 1.82) is 0 Å². The molecule has 4 rings (SSSR count). The van der Waals surface area contributed by atoms with Crippen LogP contribution in [0.25, 0.3) is 0 Å². The van der Waals surface area contributed by atoms with Gasteiger partial charge in [0.05, 0.1) is 5.66 Å². The molecule has 3 aromatic rings. The molecule has 0 saturated heterocycles. The van der Waals surface area contributed by atoms with E-state index in [1.165, 1.54) is 41.6 Å². The average Bonchev–Trinajstić information content (AvgIpc) is 3.20. The summed E-state index contributed by atoms with van der Waals surface area (Å²) >= 11 is 0. The lowest BCUT2D eigenvalue weighted by molar-refractivity contribution is -0.00000464. The van der Waals surface area contributed by atoms with E-state index < -0.39 is 7.26 Å². The summed E-state index contributed by atoms with van der Waals surface area (Å²) in [5, 5.41) is 4.61. The monoisotopic (exact) mass is 366 g/mol. The van der Waals surface area contributed by atoms with E-state index in [0.717, 1.165) is 5.66 Å². The van der Waals surface area contributed by atoms with Gasteiger partial charge in [-0.05, 0) is 62.1 Å². The summed E-state index contributed by atoms with van der Waals surface area (Å²) < 4.78 is 0. The summed E-state index contributed by atoms with van der Waals surface area (Å²) in [7, 11) is -1.60. The van der Waals surface area contributed by atoms with Gasteiger partial charge in [0.25, 0.3) is 0 Å². The number of hydrogen-bond donors (Lipinski definition) is 0. The zero-order chi connectivity index (χ0) is 16.2. The van der Waals surface area contributed by atoms with Gasteiger partial charge in [0.1, 0.15) is 23.2 Å². The molecule has 1 fully saturated rings. The lowest BCUT2D eigenvalue weighted by Gasteiger charge is -2.32. The van der Waals surface area contributed by atoms with E-state index in [4.69, 9.17) is 0 Å². The number of benzene rings is 3. The summed E-state index contributed by atoms with van der Waals surface area (Å²) in [6.07, 6.45) is 5.46. The van der Waals surface area contributed by atoms with Gasteiger partial charge in [-0.3, -0.25) is 0 Å². The second-order valence-corrected chi connectivity index (χ2v) is 10.4. The number of rotatable bonds is 4. The van der Waals surface area contributed by atoms with E-state index >= 15 is 0 Å². The first-order valence-electron chi connectivity index (χ1n) is 8.98. The molecule has 1 aliphatic rings. The van der Waals surface area contributed by atoms with Crippen LogP contribution in [-0.4, -0.2) is 5.66 Å². The van der Waals surface area contributed by atoms with Gasteiger partial charge in [-0.15, -0.1) is 0 Å². The van der Waals surface area contributed by atoms with Crippen LogP contribution >= 0.6 is 7.26 Å². The fourth-order valence-corrected chi connectivity index (χ4v) is 9.59. The normalized spacial score (nSPS) is 14.9. The molecule has 0 aliphatic heterocycles. The minimum absolute atomic E-state index is 0. The van der Waals surface area contributed by atoms with E-state index in [2.05, 4.69) is 91.0 Å². The summed E-state index contributed by atoms with van der Waals surface area (Å²) in [6.45, 7) is 0. The van der Waals surface area contributed by atoms with E-state index in [9.17, 15) is 0 Å². The first-order chi connectivity index (χ1) is 11.9. The molecular formula is C23H24ClP. The lowest BCUT2D eigenvalue weighted by atomic mass is 10.3. The molecule has 0 amide bonds. The van der Waals surface area contributed by atoms with Crippen LogP contribution in [0.3, 0.4) is 0 Å². The quantitative estimate of drug-likeness (QED) is 0.619. The van der Waals surface area contributed by atoms with Gasteiger partial charge >= 0.3 is 0 Å². The summed E-state index contributed by atoms with van der Waals surface area (Å²) in [5.74, 6) is 0. The van der Waals surface area contributed by atoms with Crippen molar-refractivity contribution in [1.82, 2.24) is 0 Å². The van der Waals surface area contributed by atoms with Gasteiger partial charge in [0.15, 0.2) is 0 Å². The van der Waals surface area contributed by atoms with Crippen LogP contribution in [0.1, 0.15) is 25.7 Å². The predicted molar refractivity (Wildman–Crippen MR) is 107 cm³/mol. The fraction of sp³-hybridized carbons (Fsp3) is 0.217. The average molecular weight is 367 g/mol. The third-order valence-electron chi connectivity index (χ3n) is 5.36. The Morgan fingerprint density at radius 2 is 0.840 bits per heavy atom. The van der Waals surface area contributed by atoms with Crippen molar-refractivity contribution < 1.29 is 12.4 Å². The molecule has 0 unspecified atom stereocenters. The lowest BCUT2D eigenvalue weighted by Crippen LogP contribution is -3.00. The van der Waals surface area contributed by atoms with E-state index in [1.54, 1.807) is 0 Å². The largest absolute Gasteiger partial charge is 1.00 e. The van der Waals surface area contributed by atoms with Crippen LogP contribution in [0.5, 0.6) is 0 Å². The smallest absolute Gasteiger partial charge is 0.115 e. The van der Waals surface area contributed by atoms with Crippen LogP contribution < -0.4 is 28.3 Å². The van der Waals surface area contributed by atoms with E-state index in [0.29, 0.717) is 0 Å². The minimum Gasteiger partial charge on any atom is -1.00 e. The molecule has 25 heavy (non-hydrogen) atoms. The van der Waals surface area contributed by atoms with Crippen molar-refractivity contribution in [3.8, 4) is 0 Å². The Labute approximate surface area is 158 Å². The molecule has 0 nitrogen and oxygen atoms in total. The molecule has 2 heteroatoms. The van der Waals surface area contributed by atoms with Gasteiger partial charge in [-0.25, -0.2) is 0 Å². The van der Waals surface area contributed by atoms with Crippen molar-refractivity contribution in [2.75, 3.05) is 0 Å². The maximum Gasteiger partial charge on any atom is 0.115 e. The van der Waals surface area contributed by atoms with Gasteiger partial charge in [0, 0.05) is 0 Å². The van der Waals surface area contributed by atoms with Crippen LogP contribution in [0.4, 0.5) is 0 Å². The SMILES string of the molecule is [Cl-].c1ccc([P+](c2ccccc2)(c2ccccc2)C2CCCC2)cc1. The van der Waals surface area contributed by atoms with Crippen LogP contribution in [0.15, 0.2) is 91.0 Å². The van der Waals surface area contributed by atoms with Gasteiger partial charge < -0.3 is 12.4 Å². The van der Waals surface area contributed by atoms with Crippen LogP contribution in [-0.2, 0) is 0 Å². The van der Waals surface area contributed by atoms with E-state index in [1.807, 2.05) is 0 Å². The minimum atomic E-state index is -1.60. The molecule has 1 saturated carbocycles. The first kappa shape index (κ1) is 18.2. The molecule has 3 aromatic carbocycles. The number of hydrogen-bond acceptors (Lipinski definition) is 0. The van der Waals surface area contributed by atoms with Crippen molar-refractivity contribution in [2.24, 2.45) is 0 Å². The highest BCUT2D eigenvalue weighted by atomic mass is 35.5. The molecular weight excluding hydrogens is 343 g/mol. The van der Waals surface area contributed by atoms with Gasteiger partial charge in [-0.2, -0.15) is 0 Å². The fourth-order valence-electron chi connectivity index (χ4n) is 4.36. The Balaban J connectivity index is 0.00000182. The highest BCUT2D eigenvalue weighted by Crippen LogP contribution is 2.63. The Kier molecular flexibility index (Phi) is 5.94. The molecule has 0 aromatic heterocycles. The summed E-state index contributed by atoms with van der Waals surface area (Å²) in [4.78, 5) is 0. The Bertz CT molecular complexity index is 668. The Hall–Kier alpha value is -1.62. The number of halogens is 1. The molecule has 128 valence electrons. The summed E-state index contributed by atoms with van der Waals surface area (Å²) in [5.41, 5.74) is 0.768. The van der Waals surface area contributed by atoms with Gasteiger partial charge in [0.2, 0.25) is 0 Å². The second-order valence-electron chi connectivity index (χ2n) is 6.67. The zero-order valence-corrected chi connectivity index (χ0v) is 16.0. The highest BCUT2D eigenvalue weighted by molar-refractivity contribution is 7.96. The predicted octanol–water partition coefficient (Wildman–Crippen LogP) is 1.93. The molecule has 0 radical (unpaired) electrons. The van der Waals surface area contributed by atoms with Gasteiger partial charge in [-0.1, -0.05) is 54.6 Å². The van der Waals surface area contributed by atoms with Crippen molar-refractivity contribution >= 4 is 23.2 Å². The Morgan fingerprint density at radius 3 is 1.16 bits per heavy atom. The molecule has 0 heterocycles.